The van der Waals surface area contributed by atoms with E-state index in [1.54, 1.807) is 7.11 Å². The number of hydrogen-bond acceptors (Lipinski definition) is 5. The molecule has 2 heterocycles. The second-order valence-electron chi connectivity index (χ2n) is 7.24. The van der Waals surface area contributed by atoms with Gasteiger partial charge in [-0.1, -0.05) is 19.9 Å². The summed E-state index contributed by atoms with van der Waals surface area (Å²) in [7, 11) is 1.73. The van der Waals surface area contributed by atoms with Gasteiger partial charge in [-0.05, 0) is 54.8 Å². The second kappa shape index (κ2) is 9.20. The fraction of sp³-hybridized carbons (Fsp3) is 0.500. The molecule has 0 bridgehead atoms. The largest absolute Gasteiger partial charge is 0.496 e. The molecule has 2 aromatic rings. The van der Waals surface area contributed by atoms with Crippen LogP contribution in [0, 0.1) is 0 Å². The minimum atomic E-state index is 0.529. The summed E-state index contributed by atoms with van der Waals surface area (Å²) in [5, 5.41) is 0. The van der Waals surface area contributed by atoms with E-state index in [0.29, 0.717) is 5.82 Å². The van der Waals surface area contributed by atoms with Crippen molar-refractivity contribution in [2.45, 2.75) is 33.2 Å². The van der Waals surface area contributed by atoms with E-state index in [-0.39, 0.29) is 0 Å². The SMILES string of the molecule is CCCN1CCN(Cc2cc(OC)c(-c3cccc(N)n3)cc2CC)CC1. The fourth-order valence-electron chi connectivity index (χ4n) is 3.84. The topological polar surface area (TPSA) is 54.6 Å². The molecule has 27 heavy (non-hydrogen) atoms. The summed E-state index contributed by atoms with van der Waals surface area (Å²) in [6, 6.07) is 10.1. The van der Waals surface area contributed by atoms with Crippen molar-refractivity contribution in [1.29, 1.82) is 0 Å². The van der Waals surface area contributed by atoms with Gasteiger partial charge in [-0.3, -0.25) is 4.90 Å². The molecule has 1 aromatic heterocycles. The van der Waals surface area contributed by atoms with Crippen LogP contribution in [0.1, 0.15) is 31.4 Å². The van der Waals surface area contributed by atoms with Gasteiger partial charge in [-0.2, -0.15) is 0 Å². The number of rotatable bonds is 7. The van der Waals surface area contributed by atoms with E-state index in [1.165, 1.54) is 24.1 Å². The molecule has 146 valence electrons. The lowest BCUT2D eigenvalue weighted by atomic mass is 9.98. The highest BCUT2D eigenvalue weighted by molar-refractivity contribution is 5.70. The van der Waals surface area contributed by atoms with E-state index >= 15 is 0 Å². The first-order chi connectivity index (χ1) is 13.1. The van der Waals surface area contributed by atoms with E-state index in [4.69, 9.17) is 10.5 Å². The maximum Gasteiger partial charge on any atom is 0.128 e. The van der Waals surface area contributed by atoms with Crippen molar-refractivity contribution in [2.24, 2.45) is 0 Å². The van der Waals surface area contributed by atoms with Gasteiger partial charge in [0.1, 0.15) is 11.6 Å². The van der Waals surface area contributed by atoms with Crippen LogP contribution < -0.4 is 10.5 Å². The van der Waals surface area contributed by atoms with Crippen molar-refractivity contribution in [1.82, 2.24) is 14.8 Å². The Morgan fingerprint density at radius 3 is 2.41 bits per heavy atom. The minimum absolute atomic E-state index is 0.529. The third-order valence-corrected chi connectivity index (χ3v) is 5.35. The average molecular weight is 369 g/mol. The molecule has 0 aliphatic carbocycles. The van der Waals surface area contributed by atoms with Gasteiger partial charge in [-0.15, -0.1) is 0 Å². The molecule has 1 saturated heterocycles. The third-order valence-electron chi connectivity index (χ3n) is 5.35. The van der Waals surface area contributed by atoms with Crippen molar-refractivity contribution < 1.29 is 4.74 Å². The summed E-state index contributed by atoms with van der Waals surface area (Å²) in [5.74, 6) is 1.39. The average Bonchev–Trinajstić information content (AvgIpc) is 2.69. The molecule has 0 saturated carbocycles. The maximum absolute atomic E-state index is 5.88. The first-order valence-corrected chi connectivity index (χ1v) is 10.0. The van der Waals surface area contributed by atoms with Crippen LogP contribution in [0.4, 0.5) is 5.82 Å². The molecule has 1 aliphatic rings. The van der Waals surface area contributed by atoms with Gasteiger partial charge < -0.3 is 15.4 Å². The molecule has 1 fully saturated rings. The van der Waals surface area contributed by atoms with Crippen molar-refractivity contribution in [3.05, 3.63) is 41.5 Å². The van der Waals surface area contributed by atoms with Crippen molar-refractivity contribution in [3.8, 4) is 17.0 Å². The Bertz CT molecular complexity index is 754. The van der Waals surface area contributed by atoms with Gasteiger partial charge in [0.15, 0.2) is 0 Å². The number of aromatic nitrogens is 1. The number of nitrogens with two attached hydrogens (primary N) is 1. The van der Waals surface area contributed by atoms with Gasteiger partial charge in [0.2, 0.25) is 0 Å². The summed E-state index contributed by atoms with van der Waals surface area (Å²) >= 11 is 0. The van der Waals surface area contributed by atoms with E-state index in [2.05, 4.69) is 40.8 Å². The maximum atomic E-state index is 5.88. The summed E-state index contributed by atoms with van der Waals surface area (Å²) in [6.07, 6.45) is 2.22. The Kier molecular flexibility index (Phi) is 6.69. The second-order valence-corrected chi connectivity index (χ2v) is 7.24. The molecule has 0 atom stereocenters. The van der Waals surface area contributed by atoms with Gasteiger partial charge in [0.05, 0.1) is 12.8 Å². The predicted molar refractivity (Wildman–Crippen MR) is 112 cm³/mol. The monoisotopic (exact) mass is 368 g/mol. The summed E-state index contributed by atoms with van der Waals surface area (Å²) < 4.78 is 5.71. The molecule has 1 aromatic carbocycles. The third kappa shape index (κ3) is 4.79. The summed E-state index contributed by atoms with van der Waals surface area (Å²) in [5.41, 5.74) is 10.5. The highest BCUT2D eigenvalue weighted by atomic mass is 16.5. The Morgan fingerprint density at radius 2 is 1.78 bits per heavy atom. The standard InChI is InChI=1S/C22H32N4O/c1-4-9-25-10-12-26(13-11-25)16-18-15-21(27-3)19(14-17(18)5-2)20-7-6-8-22(23)24-20/h6-8,14-15H,4-5,9-13,16H2,1-3H3,(H2,23,24). The Hall–Kier alpha value is -2.11. The van der Waals surface area contributed by atoms with Crippen molar-refractivity contribution in [3.63, 3.8) is 0 Å². The molecule has 0 spiro atoms. The molecular weight excluding hydrogens is 336 g/mol. The van der Waals surface area contributed by atoms with Crippen molar-refractivity contribution in [2.75, 3.05) is 45.6 Å². The molecule has 0 radical (unpaired) electrons. The number of aryl methyl sites for hydroxylation is 1. The number of hydrogen-bond donors (Lipinski definition) is 1. The molecule has 0 amide bonds. The van der Waals surface area contributed by atoms with Crippen molar-refractivity contribution >= 4 is 5.82 Å². The van der Waals surface area contributed by atoms with Crippen LogP contribution in [-0.4, -0.2) is 54.6 Å². The zero-order valence-corrected chi connectivity index (χ0v) is 16.9. The molecule has 5 heteroatoms. The number of nitrogens with zero attached hydrogens (tertiary/aromatic N) is 3. The summed E-state index contributed by atoms with van der Waals surface area (Å²) in [4.78, 5) is 9.60. The first kappa shape index (κ1) is 19.6. The van der Waals surface area contributed by atoms with Crippen LogP contribution in [-0.2, 0) is 13.0 Å². The van der Waals surface area contributed by atoms with E-state index in [1.807, 2.05) is 18.2 Å². The Labute approximate surface area is 163 Å². The first-order valence-electron chi connectivity index (χ1n) is 10.0. The number of pyridine rings is 1. The van der Waals surface area contributed by atoms with E-state index in [0.717, 1.165) is 56.2 Å². The van der Waals surface area contributed by atoms with E-state index in [9.17, 15) is 0 Å². The number of nitrogen functional groups attached to an aromatic ring is 1. The lowest BCUT2D eigenvalue weighted by molar-refractivity contribution is 0.127. The van der Waals surface area contributed by atoms with Crippen LogP contribution in [0.2, 0.25) is 0 Å². The molecule has 1 aliphatic heterocycles. The summed E-state index contributed by atoms with van der Waals surface area (Å²) in [6.45, 7) is 11.2. The zero-order chi connectivity index (χ0) is 19.2. The molecule has 3 rings (SSSR count). The normalized spacial score (nSPS) is 15.8. The quantitative estimate of drug-likeness (QED) is 0.811. The van der Waals surface area contributed by atoms with Gasteiger partial charge in [0, 0.05) is 38.3 Å². The Morgan fingerprint density at radius 1 is 1.04 bits per heavy atom. The van der Waals surface area contributed by atoms with Gasteiger partial charge in [0.25, 0.3) is 0 Å². The number of methoxy groups -OCH3 is 1. The lowest BCUT2D eigenvalue weighted by Crippen LogP contribution is -2.46. The van der Waals surface area contributed by atoms with Crippen LogP contribution >= 0.6 is 0 Å². The predicted octanol–water partition coefficient (Wildman–Crippen LogP) is 3.43. The smallest absolute Gasteiger partial charge is 0.128 e. The number of benzene rings is 1. The van der Waals surface area contributed by atoms with Crippen LogP contribution in [0.3, 0.4) is 0 Å². The molecule has 5 nitrogen and oxygen atoms in total. The van der Waals surface area contributed by atoms with E-state index < -0.39 is 0 Å². The highest BCUT2D eigenvalue weighted by Crippen LogP contribution is 2.33. The molecular formula is C22H32N4O. The van der Waals surface area contributed by atoms with Gasteiger partial charge >= 0.3 is 0 Å². The number of ether oxygens (including phenoxy) is 1. The zero-order valence-electron chi connectivity index (χ0n) is 16.9. The van der Waals surface area contributed by atoms with Crippen LogP contribution in [0.5, 0.6) is 5.75 Å². The molecule has 2 N–H and O–H groups in total. The minimum Gasteiger partial charge on any atom is -0.496 e. The number of piperazine rings is 1. The lowest BCUT2D eigenvalue weighted by Gasteiger charge is -2.35. The van der Waals surface area contributed by atoms with Gasteiger partial charge in [-0.25, -0.2) is 4.98 Å². The van der Waals surface area contributed by atoms with Crippen LogP contribution in [0.15, 0.2) is 30.3 Å². The number of anilines is 1. The molecule has 0 unspecified atom stereocenters. The fourth-order valence-corrected chi connectivity index (χ4v) is 3.84. The van der Waals surface area contributed by atoms with Crippen LogP contribution in [0.25, 0.3) is 11.3 Å². The Balaban J connectivity index is 1.82. The highest BCUT2D eigenvalue weighted by Gasteiger charge is 2.19.